The van der Waals surface area contributed by atoms with Crippen molar-refractivity contribution in [2.45, 2.75) is 20.4 Å². The Morgan fingerprint density at radius 3 is 2.90 bits per heavy atom. The maximum Gasteiger partial charge on any atom is 0.253 e. The van der Waals surface area contributed by atoms with E-state index in [0.717, 1.165) is 0 Å². The summed E-state index contributed by atoms with van der Waals surface area (Å²) >= 11 is 0. The zero-order valence-electron chi connectivity index (χ0n) is 11.4. The van der Waals surface area contributed by atoms with Crippen molar-refractivity contribution in [1.82, 2.24) is 10.5 Å². The van der Waals surface area contributed by atoms with Crippen LogP contribution in [-0.2, 0) is 6.54 Å². The molecule has 0 atom stereocenters. The highest BCUT2D eigenvalue weighted by molar-refractivity contribution is 5.99. The Bertz CT molecular complexity index is 610. The molecule has 2 N–H and O–H groups in total. The predicted molar refractivity (Wildman–Crippen MR) is 73.0 cm³/mol. The van der Waals surface area contributed by atoms with Crippen LogP contribution in [0.3, 0.4) is 0 Å². The maximum absolute atomic E-state index is 13.7. The number of carbonyl (C=O) groups excluding carboxylic acids is 1. The molecule has 5 nitrogen and oxygen atoms in total. The van der Waals surface area contributed by atoms with Crippen molar-refractivity contribution in [1.29, 1.82) is 0 Å². The maximum atomic E-state index is 13.7. The normalized spacial score (nSPS) is 10.3. The molecule has 1 heterocycles. The van der Waals surface area contributed by atoms with Crippen molar-refractivity contribution in [2.75, 3.05) is 11.9 Å². The number of amides is 1. The molecule has 0 bridgehead atoms. The molecule has 1 amide bonds. The van der Waals surface area contributed by atoms with Gasteiger partial charge in [-0.05, 0) is 26.0 Å². The van der Waals surface area contributed by atoms with Gasteiger partial charge in [0.15, 0.2) is 0 Å². The van der Waals surface area contributed by atoms with Crippen molar-refractivity contribution in [2.24, 2.45) is 0 Å². The molecule has 6 heteroatoms. The number of benzene rings is 1. The van der Waals surface area contributed by atoms with Crippen molar-refractivity contribution in [3.63, 3.8) is 0 Å². The van der Waals surface area contributed by atoms with E-state index in [4.69, 9.17) is 4.52 Å². The number of nitrogens with zero attached hydrogens (tertiary/aromatic N) is 1. The van der Waals surface area contributed by atoms with Crippen LogP contribution in [0.4, 0.5) is 10.1 Å². The van der Waals surface area contributed by atoms with Crippen LogP contribution in [0.25, 0.3) is 0 Å². The molecule has 2 rings (SSSR count). The van der Waals surface area contributed by atoms with Gasteiger partial charge in [0, 0.05) is 12.6 Å². The van der Waals surface area contributed by atoms with Gasteiger partial charge in [-0.2, -0.15) is 0 Å². The van der Waals surface area contributed by atoms with Crippen LogP contribution in [0.5, 0.6) is 0 Å². The number of carbonyl (C=O) groups is 1. The molecule has 20 heavy (non-hydrogen) atoms. The van der Waals surface area contributed by atoms with Crippen LogP contribution < -0.4 is 10.6 Å². The molecule has 0 unspecified atom stereocenters. The molecule has 0 saturated carbocycles. The number of para-hydroxylation sites is 1. The molecule has 0 radical (unpaired) electrons. The van der Waals surface area contributed by atoms with E-state index < -0.39 is 5.82 Å². The summed E-state index contributed by atoms with van der Waals surface area (Å²) in [5.41, 5.74) is 1.10. The standard InChI is InChI=1S/C14H16FN3O2/c1-3-16-13-11(5-4-6-12(13)15)14(19)17-8-10-7-9(2)20-18-10/h4-7,16H,3,8H2,1-2H3,(H,17,19). The number of halogens is 1. The zero-order chi connectivity index (χ0) is 14.5. The van der Waals surface area contributed by atoms with Gasteiger partial charge >= 0.3 is 0 Å². The van der Waals surface area contributed by atoms with Crippen molar-refractivity contribution in [3.05, 3.63) is 47.1 Å². The molecular weight excluding hydrogens is 261 g/mol. The number of aromatic nitrogens is 1. The summed E-state index contributed by atoms with van der Waals surface area (Å²) in [5.74, 6) is -0.133. The summed E-state index contributed by atoms with van der Waals surface area (Å²) in [6.45, 7) is 4.38. The van der Waals surface area contributed by atoms with E-state index in [-0.39, 0.29) is 23.7 Å². The van der Waals surface area contributed by atoms with E-state index in [1.807, 2.05) is 6.92 Å². The molecule has 0 fully saturated rings. The summed E-state index contributed by atoms with van der Waals surface area (Å²) in [6, 6.07) is 6.13. The van der Waals surface area contributed by atoms with Gasteiger partial charge in [0.2, 0.25) is 0 Å². The topological polar surface area (TPSA) is 67.2 Å². The summed E-state index contributed by atoms with van der Waals surface area (Å²) in [4.78, 5) is 12.1. The van der Waals surface area contributed by atoms with Gasteiger partial charge in [0.1, 0.15) is 17.3 Å². The highest BCUT2D eigenvalue weighted by atomic mass is 19.1. The van der Waals surface area contributed by atoms with E-state index in [2.05, 4.69) is 15.8 Å². The summed E-state index contributed by atoms with van der Waals surface area (Å²) in [7, 11) is 0. The third-order valence-electron chi connectivity index (χ3n) is 2.72. The Labute approximate surface area is 116 Å². The van der Waals surface area contributed by atoms with E-state index in [1.54, 1.807) is 19.1 Å². The number of hydrogen-bond donors (Lipinski definition) is 2. The van der Waals surface area contributed by atoms with E-state index in [0.29, 0.717) is 18.0 Å². The number of hydrogen-bond acceptors (Lipinski definition) is 4. The van der Waals surface area contributed by atoms with Crippen LogP contribution >= 0.6 is 0 Å². The molecule has 2 aromatic rings. The van der Waals surface area contributed by atoms with E-state index in [1.165, 1.54) is 12.1 Å². The summed E-state index contributed by atoms with van der Waals surface area (Å²) in [5, 5.41) is 9.32. The third kappa shape index (κ3) is 3.14. The Balaban J connectivity index is 2.10. The van der Waals surface area contributed by atoms with Crippen LogP contribution in [0.1, 0.15) is 28.7 Å². The molecule has 106 valence electrons. The SMILES string of the molecule is CCNc1c(F)cccc1C(=O)NCc1cc(C)on1. The van der Waals surface area contributed by atoms with E-state index >= 15 is 0 Å². The minimum Gasteiger partial charge on any atom is -0.382 e. The second kappa shape index (κ2) is 6.18. The fraction of sp³-hybridized carbons (Fsp3) is 0.286. The largest absolute Gasteiger partial charge is 0.382 e. The van der Waals surface area contributed by atoms with Crippen LogP contribution in [0.2, 0.25) is 0 Å². The minimum atomic E-state index is -0.447. The Hall–Kier alpha value is -2.37. The highest BCUT2D eigenvalue weighted by Crippen LogP contribution is 2.19. The lowest BCUT2D eigenvalue weighted by Crippen LogP contribution is -2.24. The molecule has 0 saturated heterocycles. The number of aryl methyl sites for hydroxylation is 1. The number of anilines is 1. The van der Waals surface area contributed by atoms with Crippen molar-refractivity contribution in [3.8, 4) is 0 Å². The van der Waals surface area contributed by atoms with E-state index in [9.17, 15) is 9.18 Å². The van der Waals surface area contributed by atoms with Gasteiger partial charge in [-0.1, -0.05) is 11.2 Å². The highest BCUT2D eigenvalue weighted by Gasteiger charge is 2.14. The van der Waals surface area contributed by atoms with Gasteiger partial charge in [0.05, 0.1) is 17.8 Å². The monoisotopic (exact) mass is 277 g/mol. The summed E-state index contributed by atoms with van der Waals surface area (Å²) in [6.07, 6.45) is 0. The third-order valence-corrected chi connectivity index (χ3v) is 2.72. The first kappa shape index (κ1) is 14.0. The fourth-order valence-corrected chi connectivity index (χ4v) is 1.84. The minimum absolute atomic E-state index is 0.212. The van der Waals surface area contributed by atoms with Crippen LogP contribution in [0.15, 0.2) is 28.8 Å². The van der Waals surface area contributed by atoms with Crippen molar-refractivity contribution < 1.29 is 13.7 Å². The second-order valence-electron chi connectivity index (χ2n) is 4.30. The average Bonchev–Trinajstić information content (AvgIpc) is 2.84. The Kier molecular flexibility index (Phi) is 4.34. The Morgan fingerprint density at radius 2 is 2.25 bits per heavy atom. The first-order chi connectivity index (χ1) is 9.61. The van der Waals surface area contributed by atoms with Crippen LogP contribution in [0, 0.1) is 12.7 Å². The predicted octanol–water partition coefficient (Wildman–Crippen LogP) is 2.48. The lowest BCUT2D eigenvalue weighted by Gasteiger charge is -2.11. The lowest BCUT2D eigenvalue weighted by molar-refractivity contribution is 0.0950. The fourth-order valence-electron chi connectivity index (χ4n) is 1.84. The molecular formula is C14H16FN3O2. The smallest absolute Gasteiger partial charge is 0.253 e. The van der Waals surface area contributed by atoms with Crippen molar-refractivity contribution >= 4 is 11.6 Å². The molecule has 1 aromatic heterocycles. The lowest BCUT2D eigenvalue weighted by atomic mass is 10.1. The molecule has 0 aliphatic heterocycles. The molecule has 0 spiro atoms. The van der Waals surface area contributed by atoms with Gasteiger partial charge < -0.3 is 15.2 Å². The quantitative estimate of drug-likeness (QED) is 0.881. The number of nitrogens with one attached hydrogen (secondary N) is 2. The van der Waals surface area contributed by atoms with Gasteiger partial charge in [-0.3, -0.25) is 4.79 Å². The molecule has 1 aromatic carbocycles. The Morgan fingerprint density at radius 1 is 1.45 bits per heavy atom. The first-order valence-corrected chi connectivity index (χ1v) is 6.34. The zero-order valence-corrected chi connectivity index (χ0v) is 11.4. The van der Waals surface area contributed by atoms with Gasteiger partial charge in [0.25, 0.3) is 5.91 Å². The number of rotatable bonds is 5. The van der Waals surface area contributed by atoms with Crippen LogP contribution in [-0.4, -0.2) is 17.6 Å². The first-order valence-electron chi connectivity index (χ1n) is 6.34. The average molecular weight is 277 g/mol. The summed E-state index contributed by atoms with van der Waals surface area (Å²) < 4.78 is 18.6. The second-order valence-corrected chi connectivity index (χ2v) is 4.30. The van der Waals surface area contributed by atoms with Gasteiger partial charge in [-0.25, -0.2) is 4.39 Å². The molecule has 0 aliphatic rings. The van der Waals surface area contributed by atoms with Gasteiger partial charge in [-0.15, -0.1) is 0 Å². The molecule has 0 aliphatic carbocycles.